The Hall–Kier alpha value is -2.21. The molecule has 5 heteroatoms. The second kappa shape index (κ2) is 8.86. The van der Waals surface area contributed by atoms with E-state index in [-0.39, 0.29) is 11.5 Å². The minimum atomic E-state index is -0.427. The zero-order chi connectivity index (χ0) is 23.2. The molecule has 5 atom stereocenters. The summed E-state index contributed by atoms with van der Waals surface area (Å²) in [5.74, 6) is 1.04. The van der Waals surface area contributed by atoms with Crippen LogP contribution in [0.3, 0.4) is 0 Å². The standard InChI is InChI=1S/C26H30N2O2.C2H7N/c1-26-13-25(30)20-11-17-10-18(29)5-2-15(17)3-6-19(20)22(26)8-7-21(26)16-4-9-23-24(12-16)28-14-27-23;1-3-2/h4,7,9,11-12,14-15,18,22,25,29-30H,2-3,5-6,8,10,13H2,1H3,(H,27,28);3H,1-2H3. The second-order valence-corrected chi connectivity index (χ2v) is 10.5. The van der Waals surface area contributed by atoms with Crippen molar-refractivity contribution < 1.29 is 10.2 Å². The predicted molar refractivity (Wildman–Crippen MR) is 134 cm³/mol. The van der Waals surface area contributed by atoms with Crippen LogP contribution < -0.4 is 5.32 Å². The number of aliphatic hydroxyl groups excluding tert-OH is 2. The molecule has 0 amide bonds. The zero-order valence-electron chi connectivity index (χ0n) is 20.1. The van der Waals surface area contributed by atoms with Crippen molar-refractivity contribution in [2.45, 2.75) is 64.1 Å². The van der Waals surface area contributed by atoms with Crippen molar-refractivity contribution in [3.63, 3.8) is 0 Å². The number of hydrogen-bond acceptors (Lipinski definition) is 4. The summed E-state index contributed by atoms with van der Waals surface area (Å²) in [6.07, 6.45) is 12.6. The first-order valence-electron chi connectivity index (χ1n) is 12.5. The highest BCUT2D eigenvalue weighted by Crippen LogP contribution is 2.59. The third-order valence-electron chi connectivity index (χ3n) is 8.39. The molecule has 2 aromatic rings. The van der Waals surface area contributed by atoms with Crippen molar-refractivity contribution in [2.75, 3.05) is 14.1 Å². The molecule has 0 saturated heterocycles. The number of H-pyrrole nitrogens is 1. The Morgan fingerprint density at radius 2 is 1.97 bits per heavy atom. The fraction of sp³-hybridized carbons (Fsp3) is 0.536. The van der Waals surface area contributed by atoms with E-state index in [1.807, 2.05) is 14.1 Å². The monoisotopic (exact) mass is 447 g/mol. The van der Waals surface area contributed by atoms with Crippen molar-refractivity contribution in [2.24, 2.45) is 17.3 Å². The minimum Gasteiger partial charge on any atom is -0.393 e. The lowest BCUT2D eigenvalue weighted by Gasteiger charge is -2.43. The van der Waals surface area contributed by atoms with Gasteiger partial charge < -0.3 is 20.5 Å². The summed E-state index contributed by atoms with van der Waals surface area (Å²) in [6.45, 7) is 2.36. The second-order valence-electron chi connectivity index (χ2n) is 10.5. The van der Waals surface area contributed by atoms with Gasteiger partial charge in [0.15, 0.2) is 0 Å². The summed E-state index contributed by atoms with van der Waals surface area (Å²) >= 11 is 0. The molecular weight excluding hydrogens is 410 g/mol. The number of imidazole rings is 1. The average Bonchev–Trinajstić information content (AvgIpc) is 3.33. The highest BCUT2D eigenvalue weighted by atomic mass is 16.3. The largest absolute Gasteiger partial charge is 0.393 e. The summed E-state index contributed by atoms with van der Waals surface area (Å²) < 4.78 is 0. The lowest BCUT2D eigenvalue weighted by Crippen LogP contribution is -2.37. The van der Waals surface area contributed by atoms with Crippen LogP contribution >= 0.6 is 0 Å². The number of benzene rings is 1. The van der Waals surface area contributed by atoms with E-state index in [0.29, 0.717) is 11.8 Å². The number of hydrogen-bond donors (Lipinski definition) is 4. The average molecular weight is 448 g/mol. The molecule has 1 aromatic heterocycles. The highest BCUT2D eigenvalue weighted by Gasteiger charge is 2.49. The quantitative estimate of drug-likeness (QED) is 0.509. The smallest absolute Gasteiger partial charge is 0.0931 e. The molecule has 0 spiro atoms. The van der Waals surface area contributed by atoms with Crippen molar-refractivity contribution in [3.05, 3.63) is 59.0 Å². The molecule has 0 radical (unpaired) electrons. The van der Waals surface area contributed by atoms with Crippen molar-refractivity contribution in [1.82, 2.24) is 15.3 Å². The minimum absolute atomic E-state index is 0.0422. The number of aromatic amines is 1. The number of aromatic nitrogens is 2. The summed E-state index contributed by atoms with van der Waals surface area (Å²) in [4.78, 5) is 7.59. The summed E-state index contributed by atoms with van der Waals surface area (Å²) in [7, 11) is 3.75. The molecule has 0 bridgehead atoms. The molecule has 1 fully saturated rings. The number of rotatable bonds is 1. The van der Waals surface area contributed by atoms with E-state index in [4.69, 9.17) is 0 Å². The van der Waals surface area contributed by atoms with Crippen LogP contribution in [0.25, 0.3) is 16.6 Å². The van der Waals surface area contributed by atoms with E-state index in [1.54, 1.807) is 6.33 Å². The number of allylic oxidation sites excluding steroid dienone is 3. The van der Waals surface area contributed by atoms with Gasteiger partial charge >= 0.3 is 0 Å². The predicted octanol–water partition coefficient (Wildman–Crippen LogP) is 4.75. The Bertz CT molecular complexity index is 1130. The summed E-state index contributed by atoms with van der Waals surface area (Å²) in [5.41, 5.74) is 8.66. The first-order valence-corrected chi connectivity index (χ1v) is 12.5. The van der Waals surface area contributed by atoms with Crippen LogP contribution in [-0.4, -0.2) is 46.5 Å². The third kappa shape index (κ3) is 3.90. The Kier molecular flexibility index (Phi) is 6.06. The van der Waals surface area contributed by atoms with Gasteiger partial charge in [0.2, 0.25) is 0 Å². The number of nitrogens with one attached hydrogen (secondary N) is 2. The molecule has 4 N–H and O–H groups in total. The Morgan fingerprint density at radius 1 is 1.15 bits per heavy atom. The van der Waals surface area contributed by atoms with Crippen molar-refractivity contribution in [1.29, 1.82) is 0 Å². The SMILES string of the molecule is CC12CC(O)C3=C(CCC4CCC(O)CC4=C3)C1CC=C2c1ccc2nc[nH]c2c1.CNC. The Morgan fingerprint density at radius 3 is 2.79 bits per heavy atom. The lowest BCUT2D eigenvalue weighted by molar-refractivity contribution is 0.124. The molecule has 6 rings (SSSR count). The fourth-order valence-electron chi connectivity index (χ4n) is 6.84. The van der Waals surface area contributed by atoms with Crippen LogP contribution in [0.1, 0.15) is 57.4 Å². The number of aliphatic hydroxyl groups is 2. The first kappa shape index (κ1) is 22.6. The molecule has 4 aliphatic rings. The third-order valence-corrected chi connectivity index (χ3v) is 8.39. The number of fused-ring (bicyclic) bond motifs is 4. The molecule has 176 valence electrons. The van der Waals surface area contributed by atoms with Gasteiger partial charge in [0, 0.05) is 5.41 Å². The molecular formula is C28H37N3O2. The molecule has 4 aliphatic carbocycles. The highest BCUT2D eigenvalue weighted by molar-refractivity contribution is 5.83. The maximum absolute atomic E-state index is 11.3. The van der Waals surface area contributed by atoms with Gasteiger partial charge in [0.1, 0.15) is 0 Å². The molecule has 0 aliphatic heterocycles. The van der Waals surface area contributed by atoms with E-state index in [9.17, 15) is 10.2 Å². The maximum atomic E-state index is 11.3. The van der Waals surface area contributed by atoms with E-state index in [1.165, 1.54) is 27.9 Å². The Labute approximate surface area is 196 Å². The number of nitrogens with zero attached hydrogens (tertiary/aromatic N) is 1. The van der Waals surface area contributed by atoms with Crippen LogP contribution in [-0.2, 0) is 0 Å². The zero-order valence-corrected chi connectivity index (χ0v) is 20.1. The van der Waals surface area contributed by atoms with E-state index >= 15 is 0 Å². The van der Waals surface area contributed by atoms with E-state index in [0.717, 1.165) is 56.0 Å². The van der Waals surface area contributed by atoms with Crippen molar-refractivity contribution in [3.8, 4) is 0 Å². The molecule has 1 heterocycles. The van der Waals surface area contributed by atoms with Gasteiger partial charge in [-0.1, -0.05) is 36.3 Å². The summed E-state index contributed by atoms with van der Waals surface area (Å²) in [6, 6.07) is 6.49. The van der Waals surface area contributed by atoms with Gasteiger partial charge in [-0.25, -0.2) is 4.98 Å². The molecule has 1 aromatic carbocycles. The summed E-state index contributed by atoms with van der Waals surface area (Å²) in [5, 5.41) is 24.2. The van der Waals surface area contributed by atoms with Gasteiger partial charge in [-0.05, 0) is 99.7 Å². The van der Waals surface area contributed by atoms with Gasteiger partial charge in [0.05, 0.1) is 29.6 Å². The topological polar surface area (TPSA) is 81.2 Å². The first-order chi connectivity index (χ1) is 15.9. The normalized spacial score (nSPS) is 33.2. The molecule has 33 heavy (non-hydrogen) atoms. The fourth-order valence-corrected chi connectivity index (χ4v) is 6.84. The van der Waals surface area contributed by atoms with Crippen LogP contribution in [0, 0.1) is 17.3 Å². The van der Waals surface area contributed by atoms with Gasteiger partial charge in [0.25, 0.3) is 0 Å². The van der Waals surface area contributed by atoms with Gasteiger partial charge in [-0.3, -0.25) is 0 Å². The van der Waals surface area contributed by atoms with Crippen molar-refractivity contribution >= 4 is 16.6 Å². The molecule has 5 nitrogen and oxygen atoms in total. The van der Waals surface area contributed by atoms with Crippen LogP contribution in [0.5, 0.6) is 0 Å². The van der Waals surface area contributed by atoms with E-state index in [2.05, 4.69) is 52.6 Å². The lowest BCUT2D eigenvalue weighted by atomic mass is 9.61. The van der Waals surface area contributed by atoms with Crippen LogP contribution in [0.4, 0.5) is 0 Å². The van der Waals surface area contributed by atoms with Crippen LogP contribution in [0.2, 0.25) is 0 Å². The maximum Gasteiger partial charge on any atom is 0.0931 e. The Balaban J connectivity index is 0.000000724. The van der Waals surface area contributed by atoms with Gasteiger partial charge in [-0.15, -0.1) is 0 Å². The van der Waals surface area contributed by atoms with Crippen LogP contribution in [0.15, 0.2) is 53.4 Å². The molecule has 5 unspecified atom stereocenters. The molecule has 1 saturated carbocycles. The van der Waals surface area contributed by atoms with Gasteiger partial charge in [-0.2, -0.15) is 0 Å². The van der Waals surface area contributed by atoms with E-state index < -0.39 is 6.10 Å².